The highest BCUT2D eigenvalue weighted by atomic mass is 35.5. The van der Waals surface area contributed by atoms with Crippen LogP contribution in [0, 0.1) is 0 Å². The number of aliphatic hydroxyl groups excluding tert-OH is 1. The molecule has 0 aromatic heterocycles. The zero-order valence-corrected chi connectivity index (χ0v) is 26.3. The van der Waals surface area contributed by atoms with Crippen molar-refractivity contribution in [3.63, 3.8) is 0 Å². The van der Waals surface area contributed by atoms with E-state index in [4.69, 9.17) is 39.2 Å². The van der Waals surface area contributed by atoms with Crippen LogP contribution in [-0.2, 0) is 5.60 Å². The van der Waals surface area contributed by atoms with Crippen LogP contribution in [0.5, 0.6) is 5.75 Å². The molecule has 2 aromatic rings. The summed E-state index contributed by atoms with van der Waals surface area (Å²) < 4.78 is 6.78. The molecule has 0 saturated carbocycles. The minimum atomic E-state index is -2.24. The molecule has 8 heteroatoms. The number of hydrogen-bond donors (Lipinski definition) is 2. The van der Waals surface area contributed by atoms with Crippen molar-refractivity contribution in [1.82, 2.24) is 4.90 Å². The van der Waals surface area contributed by atoms with Gasteiger partial charge in [-0.1, -0.05) is 88.5 Å². The molecule has 0 aliphatic carbocycles. The number of benzene rings is 2. The highest BCUT2D eigenvalue weighted by Crippen LogP contribution is 2.47. The first-order valence-electron chi connectivity index (χ1n) is 13.3. The Balaban J connectivity index is 1.76. The van der Waals surface area contributed by atoms with Crippen LogP contribution in [0.1, 0.15) is 78.5 Å². The maximum Gasteiger partial charge on any atom is 0.258 e. The van der Waals surface area contributed by atoms with E-state index in [1.54, 1.807) is 12.1 Å². The van der Waals surface area contributed by atoms with E-state index in [2.05, 4.69) is 46.4 Å². The van der Waals surface area contributed by atoms with Crippen LogP contribution in [0.25, 0.3) is 0 Å². The number of likely N-dealkylation sites (tertiary alicyclic amines) is 1. The fraction of sp³-hybridized carbons (Fsp3) is 0.586. The molecule has 2 N–H and O–H groups in total. The van der Waals surface area contributed by atoms with Gasteiger partial charge < -0.3 is 14.6 Å². The summed E-state index contributed by atoms with van der Waals surface area (Å²) in [7, 11) is -2.24. The highest BCUT2D eigenvalue weighted by Gasteiger charge is 2.47. The van der Waals surface area contributed by atoms with Crippen LogP contribution in [0.4, 0.5) is 0 Å². The van der Waals surface area contributed by atoms with Gasteiger partial charge in [0.1, 0.15) is 5.75 Å². The second-order valence-corrected chi connectivity index (χ2v) is 18.1. The molecule has 4 nitrogen and oxygen atoms in total. The Labute approximate surface area is 239 Å². The molecule has 3 rings (SSSR count). The highest BCUT2D eigenvalue weighted by molar-refractivity contribution is 6.78. The molecule has 1 fully saturated rings. The van der Waals surface area contributed by atoms with Crippen molar-refractivity contribution in [3.05, 3.63) is 62.6 Å². The van der Waals surface area contributed by atoms with Crippen LogP contribution in [0.15, 0.2) is 36.4 Å². The molecule has 1 aliphatic heterocycles. The van der Waals surface area contributed by atoms with E-state index in [0.29, 0.717) is 68.9 Å². The van der Waals surface area contributed by atoms with Gasteiger partial charge in [-0.2, -0.15) is 0 Å². The fourth-order valence-corrected chi connectivity index (χ4v) is 12.3. The number of aliphatic hydroxyl groups is 2. The van der Waals surface area contributed by atoms with Gasteiger partial charge in [-0.15, -0.1) is 0 Å². The molecule has 1 saturated heterocycles. The molecule has 0 bridgehead atoms. The van der Waals surface area contributed by atoms with E-state index in [0.717, 1.165) is 5.56 Å². The van der Waals surface area contributed by atoms with Crippen molar-refractivity contribution in [2.75, 3.05) is 13.1 Å². The van der Waals surface area contributed by atoms with Crippen LogP contribution in [0.2, 0.25) is 31.7 Å². The summed E-state index contributed by atoms with van der Waals surface area (Å²) in [5.74, 6) is 0.528. The first-order chi connectivity index (χ1) is 17.2. The summed E-state index contributed by atoms with van der Waals surface area (Å²) in [4.78, 5) is 2.20. The smallest absolute Gasteiger partial charge is 0.258 e. The SMILES string of the molecule is CC(C)[Si](Oc1c(Cl)cc(C(O)[C@@H](C)N2CCC(O)(c3ccc(Cl)cc3)CC2)cc1Cl)(C(C)C)C(C)C. The maximum atomic E-state index is 11.3. The van der Waals surface area contributed by atoms with Gasteiger partial charge in [0.15, 0.2) is 0 Å². The summed E-state index contributed by atoms with van der Waals surface area (Å²) in [6, 6.07) is 10.8. The lowest BCUT2D eigenvalue weighted by Gasteiger charge is -2.43. The summed E-state index contributed by atoms with van der Waals surface area (Å²) in [5.41, 5.74) is 1.81. The predicted octanol–water partition coefficient (Wildman–Crippen LogP) is 8.61. The Morgan fingerprint density at radius 1 is 0.838 bits per heavy atom. The van der Waals surface area contributed by atoms with E-state index >= 15 is 0 Å². The van der Waals surface area contributed by atoms with E-state index in [-0.39, 0.29) is 6.04 Å². The molecule has 0 spiro atoms. The largest absolute Gasteiger partial charge is 0.541 e. The molecule has 1 unspecified atom stereocenters. The van der Waals surface area contributed by atoms with Crippen molar-refractivity contribution >= 4 is 43.1 Å². The van der Waals surface area contributed by atoms with Gasteiger partial charge in [0.2, 0.25) is 0 Å². The first-order valence-corrected chi connectivity index (χ1v) is 16.6. The Bertz CT molecular complexity index is 1010. The lowest BCUT2D eigenvalue weighted by atomic mass is 9.83. The van der Waals surface area contributed by atoms with Crippen LogP contribution >= 0.6 is 34.8 Å². The zero-order valence-electron chi connectivity index (χ0n) is 23.1. The van der Waals surface area contributed by atoms with E-state index in [1.165, 1.54) is 0 Å². The molecule has 2 atom stereocenters. The lowest BCUT2D eigenvalue weighted by molar-refractivity contribution is -0.0501. The minimum Gasteiger partial charge on any atom is -0.541 e. The Morgan fingerprint density at radius 3 is 1.73 bits per heavy atom. The van der Waals surface area contributed by atoms with Gasteiger partial charge in [0.05, 0.1) is 21.8 Å². The normalized spacial score (nSPS) is 18.5. The third kappa shape index (κ3) is 6.35. The molecule has 0 amide bonds. The van der Waals surface area contributed by atoms with Crippen LogP contribution in [-0.4, -0.2) is 42.6 Å². The van der Waals surface area contributed by atoms with Crippen molar-refractivity contribution in [2.24, 2.45) is 0 Å². The molecule has 37 heavy (non-hydrogen) atoms. The van der Waals surface area contributed by atoms with E-state index in [9.17, 15) is 10.2 Å². The number of rotatable bonds is 9. The zero-order chi connectivity index (χ0) is 27.7. The van der Waals surface area contributed by atoms with Gasteiger partial charge in [-0.3, -0.25) is 4.90 Å². The van der Waals surface area contributed by atoms with E-state index in [1.807, 2.05) is 31.2 Å². The monoisotopic (exact) mass is 585 g/mol. The quantitative estimate of drug-likeness (QED) is 0.289. The molecular weight excluding hydrogens is 545 g/mol. The molecule has 1 aliphatic rings. The Morgan fingerprint density at radius 2 is 1.30 bits per heavy atom. The van der Waals surface area contributed by atoms with Crippen molar-refractivity contribution < 1.29 is 14.6 Å². The predicted molar refractivity (Wildman–Crippen MR) is 159 cm³/mol. The average molecular weight is 587 g/mol. The number of nitrogens with zero attached hydrogens (tertiary/aromatic N) is 1. The Hall–Kier alpha value is -0.793. The fourth-order valence-electron chi connectivity index (χ4n) is 6.21. The number of hydrogen-bond acceptors (Lipinski definition) is 4. The second-order valence-electron chi connectivity index (χ2n) is 11.5. The standard InChI is InChI=1S/C29H42Cl3NO3Si/c1-18(2)37(19(3)4,20(5)6)36-28-25(31)16-22(17-26(28)32)27(34)21(7)33-14-12-29(35,13-15-33)23-8-10-24(30)11-9-23/h8-11,16-21,27,34-35H,12-15H2,1-7H3/t21-,27?/m1/s1. The number of halogens is 3. The van der Waals surface area contributed by atoms with Gasteiger partial charge >= 0.3 is 0 Å². The van der Waals surface area contributed by atoms with Gasteiger partial charge in [-0.05, 0) is 71.8 Å². The third-order valence-corrected chi connectivity index (χ3v) is 15.2. The van der Waals surface area contributed by atoms with Gasteiger partial charge in [-0.25, -0.2) is 0 Å². The molecule has 0 radical (unpaired) electrons. The molecule has 2 aromatic carbocycles. The summed E-state index contributed by atoms with van der Waals surface area (Å²) in [6.07, 6.45) is 0.367. The summed E-state index contributed by atoms with van der Waals surface area (Å²) in [5, 5.41) is 24.0. The van der Waals surface area contributed by atoms with Gasteiger partial charge in [0, 0.05) is 24.2 Å². The van der Waals surface area contributed by atoms with Crippen LogP contribution in [0.3, 0.4) is 0 Å². The number of piperidine rings is 1. The lowest BCUT2D eigenvalue weighted by Crippen LogP contribution is -2.50. The summed E-state index contributed by atoms with van der Waals surface area (Å²) >= 11 is 19.5. The Kier molecular flexibility index (Phi) is 10.1. The molecule has 1 heterocycles. The molecule has 206 valence electrons. The van der Waals surface area contributed by atoms with Crippen molar-refractivity contribution in [2.45, 2.75) is 95.7 Å². The second kappa shape index (κ2) is 12.2. The van der Waals surface area contributed by atoms with Crippen molar-refractivity contribution in [1.29, 1.82) is 0 Å². The minimum absolute atomic E-state index is 0.177. The molecular formula is C29H42Cl3NO3Si. The third-order valence-electron chi connectivity index (χ3n) is 8.39. The van der Waals surface area contributed by atoms with Crippen molar-refractivity contribution in [3.8, 4) is 5.75 Å². The average Bonchev–Trinajstić information content (AvgIpc) is 2.82. The van der Waals surface area contributed by atoms with Gasteiger partial charge in [0.25, 0.3) is 8.32 Å². The van der Waals surface area contributed by atoms with E-state index < -0.39 is 20.0 Å². The van der Waals surface area contributed by atoms with Crippen LogP contribution < -0.4 is 4.43 Å². The first kappa shape index (κ1) is 30.7. The summed E-state index contributed by atoms with van der Waals surface area (Å²) in [6.45, 7) is 16.6. The topological polar surface area (TPSA) is 52.9 Å². The maximum absolute atomic E-state index is 11.3.